The predicted octanol–water partition coefficient (Wildman–Crippen LogP) is 3.76. The summed E-state index contributed by atoms with van der Waals surface area (Å²) in [5.41, 5.74) is 2.09. The number of rotatable bonds is 7. The SMILES string of the molecule is CCc1ccsc1C(=O)N(Cc1ccccc1)C[C@H](C)C(=O)OC. The summed E-state index contributed by atoms with van der Waals surface area (Å²) in [5, 5.41) is 1.94. The van der Waals surface area contributed by atoms with Gasteiger partial charge in [0.05, 0.1) is 17.9 Å². The van der Waals surface area contributed by atoms with Crippen molar-refractivity contribution in [3.63, 3.8) is 0 Å². The van der Waals surface area contributed by atoms with Gasteiger partial charge in [0, 0.05) is 13.1 Å². The molecular formula is C19H23NO3S. The summed E-state index contributed by atoms with van der Waals surface area (Å²) in [5.74, 6) is -0.697. The van der Waals surface area contributed by atoms with E-state index in [1.54, 1.807) is 11.8 Å². The third-order valence-electron chi connectivity index (χ3n) is 3.92. The van der Waals surface area contributed by atoms with Gasteiger partial charge >= 0.3 is 5.97 Å². The number of thiophene rings is 1. The molecule has 0 saturated carbocycles. The maximum absolute atomic E-state index is 13.0. The van der Waals surface area contributed by atoms with E-state index in [2.05, 4.69) is 0 Å². The Hall–Kier alpha value is -2.14. The molecule has 0 aliphatic heterocycles. The zero-order valence-corrected chi connectivity index (χ0v) is 15.1. The van der Waals surface area contributed by atoms with Crippen LogP contribution >= 0.6 is 11.3 Å². The van der Waals surface area contributed by atoms with Gasteiger partial charge in [-0.25, -0.2) is 0 Å². The van der Waals surface area contributed by atoms with Crippen LogP contribution in [-0.2, 0) is 22.5 Å². The molecule has 0 aliphatic rings. The van der Waals surface area contributed by atoms with Crippen LogP contribution in [0.15, 0.2) is 41.8 Å². The van der Waals surface area contributed by atoms with E-state index < -0.39 is 0 Å². The molecule has 0 bridgehead atoms. The van der Waals surface area contributed by atoms with Crippen molar-refractivity contribution < 1.29 is 14.3 Å². The van der Waals surface area contributed by atoms with Gasteiger partial charge in [-0.1, -0.05) is 44.2 Å². The first-order chi connectivity index (χ1) is 11.6. The van der Waals surface area contributed by atoms with E-state index in [9.17, 15) is 9.59 Å². The van der Waals surface area contributed by atoms with Gasteiger partial charge in [0.1, 0.15) is 0 Å². The molecule has 5 heteroatoms. The fourth-order valence-corrected chi connectivity index (χ4v) is 3.54. The number of amides is 1. The maximum atomic E-state index is 13.0. The molecule has 0 aliphatic carbocycles. The Labute approximate surface area is 147 Å². The van der Waals surface area contributed by atoms with Crippen molar-refractivity contribution in [2.24, 2.45) is 5.92 Å². The molecule has 0 radical (unpaired) electrons. The van der Waals surface area contributed by atoms with Crippen LogP contribution in [0.4, 0.5) is 0 Å². The first kappa shape index (κ1) is 18.2. The average Bonchev–Trinajstić information content (AvgIpc) is 3.09. The minimum absolute atomic E-state index is 0.0264. The number of hydrogen-bond donors (Lipinski definition) is 0. The number of carbonyl (C=O) groups is 2. The third-order valence-corrected chi connectivity index (χ3v) is 4.87. The van der Waals surface area contributed by atoms with Crippen LogP contribution < -0.4 is 0 Å². The number of hydrogen-bond acceptors (Lipinski definition) is 4. The van der Waals surface area contributed by atoms with Crippen LogP contribution in [0.1, 0.15) is 34.6 Å². The topological polar surface area (TPSA) is 46.6 Å². The molecule has 0 spiro atoms. The molecular weight excluding hydrogens is 322 g/mol. The standard InChI is InChI=1S/C19H23NO3S/c1-4-16-10-11-24-17(16)18(21)20(12-14(2)19(22)23-3)13-15-8-6-5-7-9-15/h5-11,14H,4,12-13H2,1-3H3/t14-/m0/s1. The van der Waals surface area contributed by atoms with Crippen LogP contribution in [0.3, 0.4) is 0 Å². The lowest BCUT2D eigenvalue weighted by Gasteiger charge is -2.25. The monoisotopic (exact) mass is 345 g/mol. The quantitative estimate of drug-likeness (QED) is 0.718. The summed E-state index contributed by atoms with van der Waals surface area (Å²) in [4.78, 5) is 27.3. The molecule has 0 N–H and O–H groups in total. The van der Waals surface area contributed by atoms with Gasteiger partial charge in [0.2, 0.25) is 0 Å². The van der Waals surface area contributed by atoms with Gasteiger partial charge in [-0.3, -0.25) is 9.59 Å². The zero-order valence-electron chi connectivity index (χ0n) is 14.3. The van der Waals surface area contributed by atoms with Gasteiger partial charge in [-0.05, 0) is 29.0 Å². The molecule has 1 aromatic carbocycles. The first-order valence-electron chi connectivity index (χ1n) is 8.04. The van der Waals surface area contributed by atoms with Gasteiger partial charge in [-0.2, -0.15) is 0 Å². The smallest absolute Gasteiger partial charge is 0.310 e. The van der Waals surface area contributed by atoms with Crippen LogP contribution in [0.2, 0.25) is 0 Å². The van der Waals surface area contributed by atoms with Crippen LogP contribution in [0.25, 0.3) is 0 Å². The van der Waals surface area contributed by atoms with E-state index in [1.807, 2.05) is 48.7 Å². The Morgan fingerprint density at radius 2 is 1.92 bits per heavy atom. The van der Waals surface area contributed by atoms with E-state index in [-0.39, 0.29) is 17.8 Å². The highest BCUT2D eigenvalue weighted by Gasteiger charge is 2.24. The second-order valence-electron chi connectivity index (χ2n) is 5.72. The van der Waals surface area contributed by atoms with Crippen molar-refractivity contribution in [3.8, 4) is 0 Å². The zero-order chi connectivity index (χ0) is 17.5. The Morgan fingerprint density at radius 1 is 1.21 bits per heavy atom. The summed E-state index contributed by atoms with van der Waals surface area (Å²) in [7, 11) is 1.37. The van der Waals surface area contributed by atoms with Gasteiger partial charge in [0.15, 0.2) is 0 Å². The van der Waals surface area contributed by atoms with Crippen molar-refractivity contribution in [1.29, 1.82) is 0 Å². The van der Waals surface area contributed by atoms with E-state index >= 15 is 0 Å². The number of methoxy groups -OCH3 is 1. The summed E-state index contributed by atoms with van der Waals surface area (Å²) < 4.78 is 4.80. The van der Waals surface area contributed by atoms with Crippen molar-refractivity contribution >= 4 is 23.2 Å². The molecule has 128 valence electrons. The first-order valence-corrected chi connectivity index (χ1v) is 8.92. The lowest BCUT2D eigenvalue weighted by atomic mass is 10.1. The van der Waals surface area contributed by atoms with E-state index in [1.165, 1.54) is 18.4 Å². The van der Waals surface area contributed by atoms with E-state index in [0.717, 1.165) is 22.4 Å². The molecule has 0 fully saturated rings. The second kappa shape index (κ2) is 8.64. The summed E-state index contributed by atoms with van der Waals surface area (Å²) in [6, 6.07) is 11.8. The highest BCUT2D eigenvalue weighted by molar-refractivity contribution is 7.12. The van der Waals surface area contributed by atoms with Gasteiger partial charge < -0.3 is 9.64 Å². The third kappa shape index (κ3) is 4.45. The van der Waals surface area contributed by atoms with Crippen molar-refractivity contribution in [2.45, 2.75) is 26.8 Å². The highest BCUT2D eigenvalue weighted by atomic mass is 32.1. The second-order valence-corrected chi connectivity index (χ2v) is 6.64. The Bertz CT molecular complexity index is 681. The Balaban J connectivity index is 2.24. The van der Waals surface area contributed by atoms with E-state index in [0.29, 0.717) is 13.1 Å². The van der Waals surface area contributed by atoms with E-state index in [4.69, 9.17) is 4.74 Å². The normalized spacial score (nSPS) is 11.8. The molecule has 0 unspecified atom stereocenters. The van der Waals surface area contributed by atoms with Gasteiger partial charge in [-0.15, -0.1) is 11.3 Å². The molecule has 24 heavy (non-hydrogen) atoms. The fraction of sp³-hybridized carbons (Fsp3) is 0.368. The molecule has 4 nitrogen and oxygen atoms in total. The Kier molecular flexibility index (Phi) is 6.55. The summed E-state index contributed by atoms with van der Waals surface area (Å²) in [6.07, 6.45) is 0.816. The summed E-state index contributed by atoms with van der Waals surface area (Å²) in [6.45, 7) is 4.63. The molecule has 1 amide bonds. The fourth-order valence-electron chi connectivity index (χ4n) is 2.57. The van der Waals surface area contributed by atoms with Crippen molar-refractivity contribution in [3.05, 3.63) is 57.8 Å². The maximum Gasteiger partial charge on any atom is 0.310 e. The largest absolute Gasteiger partial charge is 0.469 e. The molecule has 1 atom stereocenters. The molecule has 1 aromatic heterocycles. The molecule has 2 rings (SSSR count). The number of ether oxygens (including phenoxy) is 1. The van der Waals surface area contributed by atoms with Gasteiger partial charge in [0.25, 0.3) is 5.91 Å². The van der Waals surface area contributed by atoms with Crippen LogP contribution in [0, 0.1) is 5.92 Å². The number of esters is 1. The Morgan fingerprint density at radius 3 is 2.54 bits per heavy atom. The van der Waals surface area contributed by atoms with Crippen molar-refractivity contribution in [1.82, 2.24) is 4.90 Å². The average molecular weight is 345 g/mol. The number of nitrogens with zero attached hydrogens (tertiary/aromatic N) is 1. The molecule has 0 saturated heterocycles. The number of carbonyl (C=O) groups excluding carboxylic acids is 2. The molecule has 2 aromatic rings. The number of aryl methyl sites for hydroxylation is 1. The highest BCUT2D eigenvalue weighted by Crippen LogP contribution is 2.21. The predicted molar refractivity (Wildman–Crippen MR) is 96.1 cm³/mol. The van der Waals surface area contributed by atoms with Crippen molar-refractivity contribution in [2.75, 3.05) is 13.7 Å². The minimum atomic E-state index is -0.368. The molecule has 1 heterocycles. The summed E-state index contributed by atoms with van der Waals surface area (Å²) >= 11 is 1.45. The number of benzene rings is 1. The lowest BCUT2D eigenvalue weighted by Crippen LogP contribution is -2.36. The minimum Gasteiger partial charge on any atom is -0.469 e. The van der Waals surface area contributed by atoms with Crippen LogP contribution in [0.5, 0.6) is 0 Å². The van der Waals surface area contributed by atoms with Crippen LogP contribution in [-0.4, -0.2) is 30.4 Å². The lowest BCUT2D eigenvalue weighted by molar-refractivity contribution is -0.145.